The average molecular weight is 370 g/mol. The lowest BCUT2D eigenvalue weighted by atomic mass is 9.83. The first-order valence-corrected chi connectivity index (χ1v) is 9.15. The van der Waals surface area contributed by atoms with Crippen LogP contribution in [0.3, 0.4) is 0 Å². The highest BCUT2D eigenvalue weighted by molar-refractivity contribution is 6.29. The maximum absolute atomic E-state index is 13.7. The molecule has 0 atom stereocenters. The van der Waals surface area contributed by atoms with Gasteiger partial charge in [-0.15, -0.1) is 11.6 Å². The Balaban J connectivity index is 1.60. The van der Waals surface area contributed by atoms with Crippen LogP contribution in [-0.4, -0.2) is 30.4 Å². The van der Waals surface area contributed by atoms with E-state index in [1.54, 1.807) is 4.90 Å². The van der Waals surface area contributed by atoms with Crippen LogP contribution in [-0.2, 0) is 11.2 Å². The van der Waals surface area contributed by atoms with E-state index in [2.05, 4.69) is 6.58 Å². The smallest absolute Gasteiger partial charge is 0.268 e. The van der Waals surface area contributed by atoms with Crippen LogP contribution in [0.4, 0.5) is 14.5 Å². The molecule has 1 fully saturated rings. The number of hydrogen-bond donors (Lipinski definition) is 0. The van der Waals surface area contributed by atoms with Gasteiger partial charge >= 0.3 is 0 Å². The Morgan fingerprint density at radius 2 is 2.08 bits per heavy atom. The Kier molecular flexibility index (Phi) is 5.32. The van der Waals surface area contributed by atoms with Crippen molar-refractivity contribution in [2.75, 3.05) is 17.3 Å². The van der Waals surface area contributed by atoms with Gasteiger partial charge in [0.25, 0.3) is 5.92 Å². The molecule has 1 saturated carbocycles. The molecule has 2 aliphatic rings. The van der Waals surface area contributed by atoms with E-state index in [4.69, 9.17) is 16.3 Å². The molecule has 1 aromatic rings. The number of hydrogen-bond acceptors (Lipinski definition) is 2. The zero-order valence-corrected chi connectivity index (χ0v) is 14.8. The van der Waals surface area contributed by atoms with Crippen molar-refractivity contribution in [1.29, 1.82) is 0 Å². The molecule has 0 saturated heterocycles. The number of rotatable bonds is 5. The van der Waals surface area contributed by atoms with Crippen LogP contribution >= 0.6 is 11.6 Å². The highest BCUT2D eigenvalue weighted by Gasteiger charge is 2.39. The van der Waals surface area contributed by atoms with Gasteiger partial charge in [-0.1, -0.05) is 6.58 Å². The molecule has 3 rings (SSSR count). The van der Waals surface area contributed by atoms with Crippen molar-refractivity contribution in [2.45, 2.75) is 44.1 Å². The molecule has 0 radical (unpaired) electrons. The Labute approximate surface area is 151 Å². The summed E-state index contributed by atoms with van der Waals surface area (Å²) in [5.41, 5.74) is 1.94. The summed E-state index contributed by atoms with van der Waals surface area (Å²) in [6.45, 7) is 3.87. The first-order chi connectivity index (χ1) is 11.9. The highest BCUT2D eigenvalue weighted by Crippen LogP contribution is 2.39. The van der Waals surface area contributed by atoms with E-state index >= 15 is 0 Å². The van der Waals surface area contributed by atoms with E-state index < -0.39 is 11.8 Å². The van der Waals surface area contributed by atoms with Crippen molar-refractivity contribution in [1.82, 2.24) is 0 Å². The summed E-state index contributed by atoms with van der Waals surface area (Å²) in [7, 11) is 0. The molecule has 6 heteroatoms. The summed E-state index contributed by atoms with van der Waals surface area (Å²) in [5, 5.41) is 0. The fourth-order valence-corrected chi connectivity index (χ4v) is 3.85. The fourth-order valence-electron chi connectivity index (χ4n) is 3.71. The zero-order valence-electron chi connectivity index (χ0n) is 14.0. The van der Waals surface area contributed by atoms with Crippen molar-refractivity contribution in [3.05, 3.63) is 36.4 Å². The second-order valence-electron chi connectivity index (χ2n) is 6.69. The van der Waals surface area contributed by atoms with Crippen LogP contribution in [0.25, 0.3) is 0 Å². The lowest BCUT2D eigenvalue weighted by molar-refractivity contribution is -0.116. The van der Waals surface area contributed by atoms with E-state index in [1.165, 1.54) is 0 Å². The van der Waals surface area contributed by atoms with Crippen molar-refractivity contribution in [3.63, 3.8) is 0 Å². The lowest BCUT2D eigenvalue weighted by Gasteiger charge is -2.32. The molecule has 0 N–H and O–H groups in total. The molecule has 1 aliphatic carbocycles. The largest absolute Gasteiger partial charge is 0.490 e. The van der Waals surface area contributed by atoms with Crippen molar-refractivity contribution in [2.24, 2.45) is 5.92 Å². The maximum atomic E-state index is 13.7. The monoisotopic (exact) mass is 369 g/mol. The number of amides is 1. The quantitative estimate of drug-likeness (QED) is 0.562. The number of carbonyl (C=O) groups is 1. The van der Waals surface area contributed by atoms with Crippen LogP contribution < -0.4 is 9.64 Å². The minimum atomic E-state index is -2.79. The van der Waals surface area contributed by atoms with Crippen molar-refractivity contribution >= 4 is 23.2 Å². The van der Waals surface area contributed by atoms with Gasteiger partial charge in [0, 0.05) is 18.2 Å². The van der Waals surface area contributed by atoms with Gasteiger partial charge in [0.15, 0.2) is 0 Å². The molecular weight excluding hydrogens is 348 g/mol. The van der Waals surface area contributed by atoms with Crippen LogP contribution in [0.15, 0.2) is 30.9 Å². The molecular formula is C19H22ClF2NO2. The van der Waals surface area contributed by atoms with E-state index in [-0.39, 0.29) is 17.9 Å². The first-order valence-electron chi connectivity index (χ1n) is 8.62. The number of ether oxygens (including phenoxy) is 1. The van der Waals surface area contributed by atoms with Crippen molar-refractivity contribution in [3.8, 4) is 5.75 Å². The number of halogens is 3. The van der Waals surface area contributed by atoms with Gasteiger partial charge in [-0.05, 0) is 61.9 Å². The molecule has 1 amide bonds. The number of anilines is 1. The Hall–Kier alpha value is -1.62. The van der Waals surface area contributed by atoms with E-state index in [0.717, 1.165) is 29.5 Å². The number of fused-ring (bicyclic) bond motifs is 1. The average Bonchev–Trinajstić information content (AvgIpc) is 3.04. The van der Waals surface area contributed by atoms with Gasteiger partial charge in [0.1, 0.15) is 11.6 Å². The summed E-state index contributed by atoms with van der Waals surface area (Å²) in [4.78, 5) is 13.5. The molecule has 1 aliphatic heterocycles. The molecule has 3 nitrogen and oxygen atoms in total. The van der Waals surface area contributed by atoms with Crippen LogP contribution in [0.2, 0.25) is 0 Å². The maximum Gasteiger partial charge on any atom is 0.268 e. The van der Waals surface area contributed by atoms with Crippen molar-refractivity contribution < 1.29 is 18.3 Å². The Morgan fingerprint density at radius 1 is 1.36 bits per heavy atom. The second kappa shape index (κ2) is 7.32. The molecule has 0 spiro atoms. The number of allylic oxidation sites excluding steroid dienone is 1. The molecule has 1 heterocycles. The van der Waals surface area contributed by atoms with Gasteiger partial charge in [-0.3, -0.25) is 4.79 Å². The van der Waals surface area contributed by atoms with E-state index in [0.29, 0.717) is 32.2 Å². The standard InChI is InChI=1S/C19H22ClF2NO2/c1-2-19(21,22)14-3-5-15(6-4-14)25-16-7-8-17-13(11-16)9-10-23(17)18(24)12-20/h2,7-8,11,14-15H,1,3-6,9-10,12H2. The summed E-state index contributed by atoms with van der Waals surface area (Å²) in [6, 6.07) is 5.66. The van der Waals surface area contributed by atoms with Gasteiger partial charge in [-0.2, -0.15) is 0 Å². The number of alkyl halides is 3. The molecule has 25 heavy (non-hydrogen) atoms. The van der Waals surface area contributed by atoms with E-state index in [9.17, 15) is 13.6 Å². The summed E-state index contributed by atoms with van der Waals surface area (Å²) in [5.74, 6) is -2.83. The number of benzene rings is 1. The number of nitrogens with zero attached hydrogens (tertiary/aromatic N) is 1. The SMILES string of the molecule is C=CC(F)(F)C1CCC(Oc2ccc3c(c2)CCN3C(=O)CCl)CC1. The fraction of sp³-hybridized carbons (Fsp3) is 0.526. The van der Waals surface area contributed by atoms with Crippen LogP contribution in [0.5, 0.6) is 5.75 Å². The Bertz CT molecular complexity index is 657. The summed E-state index contributed by atoms with van der Waals surface area (Å²) < 4.78 is 33.3. The molecule has 136 valence electrons. The molecule has 0 aromatic heterocycles. The Morgan fingerprint density at radius 3 is 2.72 bits per heavy atom. The van der Waals surface area contributed by atoms with Gasteiger partial charge < -0.3 is 9.64 Å². The summed E-state index contributed by atoms with van der Waals surface area (Å²) >= 11 is 5.64. The summed E-state index contributed by atoms with van der Waals surface area (Å²) in [6.07, 6.45) is 3.58. The van der Waals surface area contributed by atoms with Crippen LogP contribution in [0.1, 0.15) is 31.2 Å². The topological polar surface area (TPSA) is 29.5 Å². The second-order valence-corrected chi connectivity index (χ2v) is 6.96. The third kappa shape index (κ3) is 3.81. The molecule has 0 bridgehead atoms. The van der Waals surface area contributed by atoms with Gasteiger partial charge in [0.2, 0.25) is 5.91 Å². The predicted molar refractivity (Wildman–Crippen MR) is 94.7 cm³/mol. The van der Waals surface area contributed by atoms with Crippen LogP contribution in [0, 0.1) is 5.92 Å². The van der Waals surface area contributed by atoms with Gasteiger partial charge in [0.05, 0.1) is 6.10 Å². The minimum Gasteiger partial charge on any atom is -0.490 e. The molecule has 1 aromatic carbocycles. The highest BCUT2D eigenvalue weighted by atomic mass is 35.5. The number of carbonyl (C=O) groups excluding carboxylic acids is 1. The van der Waals surface area contributed by atoms with Gasteiger partial charge in [-0.25, -0.2) is 8.78 Å². The molecule has 0 unspecified atom stereocenters. The first kappa shape index (κ1) is 18.2. The lowest BCUT2D eigenvalue weighted by Crippen LogP contribution is -2.33. The third-order valence-corrected chi connectivity index (χ3v) is 5.38. The normalized spacial score (nSPS) is 23.2. The van der Waals surface area contributed by atoms with E-state index in [1.807, 2.05) is 18.2 Å². The minimum absolute atomic E-state index is 0.0315. The predicted octanol–water partition coefficient (Wildman–Crippen LogP) is 4.57. The zero-order chi connectivity index (χ0) is 18.0. The third-order valence-electron chi connectivity index (χ3n) is 5.16.